The van der Waals surface area contributed by atoms with Gasteiger partial charge >= 0.3 is 0 Å². The van der Waals surface area contributed by atoms with E-state index in [2.05, 4.69) is 28.5 Å². The Morgan fingerprint density at radius 1 is 1.19 bits per heavy atom. The van der Waals surface area contributed by atoms with Gasteiger partial charge in [0, 0.05) is 45.3 Å². The normalized spacial score (nSPS) is 18.0. The molecule has 1 amide bonds. The molecule has 1 aliphatic heterocycles. The molecule has 0 spiro atoms. The van der Waals surface area contributed by atoms with Crippen LogP contribution in [0, 0.1) is 0 Å². The molecular weight excluding hydrogens is 505 g/mol. The Morgan fingerprint density at radius 2 is 1.90 bits per heavy atom. The number of aliphatic imine (C=N–C) groups is 1. The zero-order chi connectivity index (χ0) is 21.3. The minimum absolute atomic E-state index is 0. The summed E-state index contributed by atoms with van der Waals surface area (Å²) in [5.41, 5.74) is 1.12. The van der Waals surface area contributed by atoms with Crippen LogP contribution in [-0.4, -0.2) is 74.1 Å². The fraction of sp³-hybridized carbons (Fsp3) is 0.652. The molecule has 3 rings (SSSR count). The summed E-state index contributed by atoms with van der Waals surface area (Å²) in [6, 6.07) is 8.59. The van der Waals surface area contributed by atoms with E-state index in [4.69, 9.17) is 9.73 Å². The van der Waals surface area contributed by atoms with E-state index in [1.54, 1.807) is 4.90 Å². The Morgan fingerprint density at radius 3 is 2.52 bits per heavy atom. The summed E-state index contributed by atoms with van der Waals surface area (Å²) < 4.78 is 6.14. The molecule has 1 aliphatic carbocycles. The average molecular weight is 543 g/mol. The summed E-state index contributed by atoms with van der Waals surface area (Å²) in [5.74, 6) is 1.97. The predicted octanol–water partition coefficient (Wildman–Crippen LogP) is 2.84. The lowest BCUT2D eigenvalue weighted by Gasteiger charge is -2.33. The molecule has 2 aliphatic rings. The summed E-state index contributed by atoms with van der Waals surface area (Å²) >= 11 is 0. The molecule has 0 aromatic heterocycles. The molecule has 7 nitrogen and oxygen atoms in total. The molecule has 1 heterocycles. The van der Waals surface area contributed by atoms with Gasteiger partial charge in [-0.15, -0.1) is 24.0 Å². The Bertz CT molecular complexity index is 716. The molecule has 174 valence electrons. The van der Waals surface area contributed by atoms with Crippen molar-refractivity contribution in [2.75, 3.05) is 40.3 Å². The molecule has 0 atom stereocenters. The zero-order valence-electron chi connectivity index (χ0n) is 19.1. The van der Waals surface area contributed by atoms with Crippen molar-refractivity contribution in [3.05, 3.63) is 29.8 Å². The van der Waals surface area contributed by atoms with E-state index < -0.39 is 0 Å². The standard InChI is InChI=1S/C23H37N5O2.HI/c1-4-24-23(26-19-12-14-28(15-13-19)17-22(29)27(2)3)25-16-18-8-5-6-11-21(18)30-20-9-7-10-20;/h5-6,8,11,19-20H,4,7,9-10,12-17H2,1-3H3,(H2,24,25,26);1H. The Balaban J connectivity index is 0.00000341. The summed E-state index contributed by atoms with van der Waals surface area (Å²) in [5, 5.41) is 6.95. The Kier molecular flexibility index (Phi) is 10.9. The number of likely N-dealkylation sites (tertiary alicyclic amines) is 1. The number of hydrogen-bond acceptors (Lipinski definition) is 4. The van der Waals surface area contributed by atoms with Crippen molar-refractivity contribution in [2.45, 2.75) is 57.7 Å². The number of para-hydroxylation sites is 1. The van der Waals surface area contributed by atoms with Gasteiger partial charge in [0.05, 0.1) is 19.2 Å². The van der Waals surface area contributed by atoms with Gasteiger partial charge < -0.3 is 20.3 Å². The van der Waals surface area contributed by atoms with Crippen LogP contribution in [0.4, 0.5) is 0 Å². The van der Waals surface area contributed by atoms with E-state index in [0.29, 0.717) is 25.2 Å². The van der Waals surface area contributed by atoms with E-state index in [-0.39, 0.29) is 29.9 Å². The number of guanidine groups is 1. The number of likely N-dealkylation sites (N-methyl/N-ethyl adjacent to an activating group) is 1. The van der Waals surface area contributed by atoms with Gasteiger partial charge in [0.1, 0.15) is 5.75 Å². The fourth-order valence-corrected chi connectivity index (χ4v) is 3.66. The molecule has 0 radical (unpaired) electrons. The number of amides is 1. The number of carbonyl (C=O) groups excluding carboxylic acids is 1. The first kappa shape index (κ1) is 25.7. The molecule has 1 aromatic rings. The molecular formula is C23H38IN5O2. The minimum atomic E-state index is 0. The van der Waals surface area contributed by atoms with Crippen LogP contribution in [0.3, 0.4) is 0 Å². The first-order valence-corrected chi connectivity index (χ1v) is 11.3. The summed E-state index contributed by atoms with van der Waals surface area (Å²) in [6.07, 6.45) is 5.95. The van der Waals surface area contributed by atoms with Gasteiger partial charge in [-0.1, -0.05) is 18.2 Å². The van der Waals surface area contributed by atoms with Crippen LogP contribution in [0.1, 0.15) is 44.6 Å². The first-order chi connectivity index (χ1) is 14.5. The van der Waals surface area contributed by atoms with E-state index in [0.717, 1.165) is 62.6 Å². The van der Waals surface area contributed by atoms with Crippen molar-refractivity contribution < 1.29 is 9.53 Å². The monoisotopic (exact) mass is 543 g/mol. The van der Waals surface area contributed by atoms with Crippen molar-refractivity contribution in [3.8, 4) is 5.75 Å². The number of nitrogens with zero attached hydrogens (tertiary/aromatic N) is 3. The van der Waals surface area contributed by atoms with Crippen molar-refractivity contribution >= 4 is 35.8 Å². The van der Waals surface area contributed by atoms with E-state index >= 15 is 0 Å². The van der Waals surface area contributed by atoms with E-state index in [1.807, 2.05) is 32.3 Å². The minimum Gasteiger partial charge on any atom is -0.490 e. The van der Waals surface area contributed by atoms with E-state index in [9.17, 15) is 4.79 Å². The van der Waals surface area contributed by atoms with Crippen LogP contribution in [0.2, 0.25) is 0 Å². The van der Waals surface area contributed by atoms with Crippen molar-refractivity contribution in [1.29, 1.82) is 0 Å². The maximum absolute atomic E-state index is 11.9. The molecule has 1 aromatic carbocycles. The number of hydrogen-bond donors (Lipinski definition) is 2. The van der Waals surface area contributed by atoms with Crippen LogP contribution in [0.5, 0.6) is 5.75 Å². The van der Waals surface area contributed by atoms with Gasteiger partial charge in [-0.2, -0.15) is 0 Å². The maximum Gasteiger partial charge on any atom is 0.236 e. The van der Waals surface area contributed by atoms with Crippen LogP contribution in [0.15, 0.2) is 29.3 Å². The zero-order valence-corrected chi connectivity index (χ0v) is 21.4. The molecule has 31 heavy (non-hydrogen) atoms. The molecule has 0 unspecified atom stereocenters. The van der Waals surface area contributed by atoms with Gasteiger partial charge in [0.25, 0.3) is 0 Å². The largest absolute Gasteiger partial charge is 0.490 e. The summed E-state index contributed by atoms with van der Waals surface area (Å²) in [7, 11) is 3.62. The second kappa shape index (κ2) is 13.1. The van der Waals surface area contributed by atoms with Crippen LogP contribution < -0.4 is 15.4 Å². The average Bonchev–Trinajstić information content (AvgIpc) is 2.71. The molecule has 2 fully saturated rings. The smallest absolute Gasteiger partial charge is 0.236 e. The lowest BCUT2D eigenvalue weighted by molar-refractivity contribution is -0.130. The number of piperidine rings is 1. The fourth-order valence-electron chi connectivity index (χ4n) is 3.66. The highest BCUT2D eigenvalue weighted by Gasteiger charge is 2.22. The van der Waals surface area contributed by atoms with Crippen molar-refractivity contribution in [3.63, 3.8) is 0 Å². The van der Waals surface area contributed by atoms with Gasteiger partial charge in [-0.25, -0.2) is 4.99 Å². The topological polar surface area (TPSA) is 69.2 Å². The van der Waals surface area contributed by atoms with Crippen LogP contribution in [0.25, 0.3) is 0 Å². The highest BCUT2D eigenvalue weighted by atomic mass is 127. The van der Waals surface area contributed by atoms with Crippen molar-refractivity contribution in [1.82, 2.24) is 20.4 Å². The highest BCUT2D eigenvalue weighted by Crippen LogP contribution is 2.27. The Hall–Kier alpha value is -1.55. The summed E-state index contributed by atoms with van der Waals surface area (Å²) in [6.45, 7) is 5.85. The Labute approximate surface area is 204 Å². The number of benzene rings is 1. The molecule has 1 saturated carbocycles. The number of halogens is 1. The number of ether oxygens (including phenoxy) is 1. The van der Waals surface area contributed by atoms with Crippen LogP contribution in [-0.2, 0) is 11.3 Å². The predicted molar refractivity (Wildman–Crippen MR) is 136 cm³/mol. The lowest BCUT2D eigenvalue weighted by atomic mass is 9.96. The number of rotatable bonds is 8. The quantitative estimate of drug-likeness (QED) is 0.300. The van der Waals surface area contributed by atoms with Gasteiger partial charge in [-0.05, 0) is 45.1 Å². The SMILES string of the molecule is CCNC(=NCc1ccccc1OC1CCC1)NC1CCN(CC(=O)N(C)C)CC1.I. The molecule has 1 saturated heterocycles. The van der Waals surface area contributed by atoms with Crippen LogP contribution >= 0.6 is 24.0 Å². The van der Waals surface area contributed by atoms with Gasteiger partial charge in [0.15, 0.2) is 5.96 Å². The third-order valence-corrected chi connectivity index (χ3v) is 5.86. The van der Waals surface area contributed by atoms with Gasteiger partial charge in [0.2, 0.25) is 5.91 Å². The number of carbonyl (C=O) groups is 1. The molecule has 8 heteroatoms. The van der Waals surface area contributed by atoms with Gasteiger partial charge in [-0.3, -0.25) is 9.69 Å². The number of nitrogens with one attached hydrogen (secondary N) is 2. The first-order valence-electron chi connectivity index (χ1n) is 11.3. The highest BCUT2D eigenvalue weighted by molar-refractivity contribution is 14.0. The third kappa shape index (κ3) is 8.14. The molecule has 0 bridgehead atoms. The summed E-state index contributed by atoms with van der Waals surface area (Å²) in [4.78, 5) is 20.6. The molecule has 2 N–H and O–H groups in total. The lowest BCUT2D eigenvalue weighted by Crippen LogP contribution is -2.50. The van der Waals surface area contributed by atoms with Crippen molar-refractivity contribution in [2.24, 2.45) is 4.99 Å². The maximum atomic E-state index is 11.9. The van der Waals surface area contributed by atoms with E-state index in [1.165, 1.54) is 6.42 Å². The third-order valence-electron chi connectivity index (χ3n) is 5.86. The second-order valence-electron chi connectivity index (χ2n) is 8.46. The second-order valence-corrected chi connectivity index (χ2v) is 8.46.